The molecule has 0 saturated carbocycles. The number of amides is 2. The van der Waals surface area contributed by atoms with Crippen LogP contribution in [0.4, 0.5) is 4.79 Å². The predicted molar refractivity (Wildman–Crippen MR) is 76.6 cm³/mol. The standard InChI is InChI=1S/C12H16N2O3S2/c1-7-3-4-10(19-7)8(2)13-12(17)14-6-18-5-9(14)11(15)16/h3-4,8-9H,5-6H2,1-2H3,(H,13,17)(H,15,16)/t8?,9-/m0/s1. The van der Waals surface area contributed by atoms with E-state index < -0.39 is 12.0 Å². The number of carbonyl (C=O) groups excluding carboxylic acids is 1. The van der Waals surface area contributed by atoms with Crippen LogP contribution in [0.3, 0.4) is 0 Å². The number of nitrogens with one attached hydrogen (secondary N) is 1. The van der Waals surface area contributed by atoms with Gasteiger partial charge in [0.2, 0.25) is 0 Å². The average Bonchev–Trinajstić information content (AvgIpc) is 2.96. The van der Waals surface area contributed by atoms with Crippen LogP contribution in [0.5, 0.6) is 0 Å². The lowest BCUT2D eigenvalue weighted by Gasteiger charge is -2.23. The van der Waals surface area contributed by atoms with Crippen molar-refractivity contribution in [1.29, 1.82) is 0 Å². The second-order valence-corrected chi connectivity index (χ2v) is 6.76. The van der Waals surface area contributed by atoms with Crippen LogP contribution < -0.4 is 5.32 Å². The van der Waals surface area contributed by atoms with E-state index in [-0.39, 0.29) is 12.1 Å². The highest BCUT2D eigenvalue weighted by Crippen LogP contribution is 2.24. The van der Waals surface area contributed by atoms with Crippen molar-refractivity contribution in [3.05, 3.63) is 21.9 Å². The molecular weight excluding hydrogens is 284 g/mol. The number of rotatable bonds is 3. The number of aryl methyl sites for hydroxylation is 1. The fraction of sp³-hybridized carbons (Fsp3) is 0.500. The van der Waals surface area contributed by atoms with Gasteiger partial charge in [-0.05, 0) is 26.0 Å². The third-order valence-electron chi connectivity index (χ3n) is 2.96. The number of hydrogen-bond acceptors (Lipinski definition) is 4. The average molecular weight is 300 g/mol. The summed E-state index contributed by atoms with van der Waals surface area (Å²) in [5.41, 5.74) is 0. The molecule has 2 amide bonds. The number of nitrogens with zero attached hydrogens (tertiary/aromatic N) is 1. The molecule has 5 nitrogen and oxygen atoms in total. The van der Waals surface area contributed by atoms with Crippen molar-refractivity contribution in [1.82, 2.24) is 10.2 Å². The van der Waals surface area contributed by atoms with E-state index in [4.69, 9.17) is 5.11 Å². The third-order valence-corrected chi connectivity index (χ3v) is 5.15. The highest BCUT2D eigenvalue weighted by molar-refractivity contribution is 7.99. The van der Waals surface area contributed by atoms with E-state index >= 15 is 0 Å². The normalized spacial score (nSPS) is 20.3. The van der Waals surface area contributed by atoms with Crippen molar-refractivity contribution < 1.29 is 14.7 Å². The van der Waals surface area contributed by atoms with Gasteiger partial charge in [-0.1, -0.05) is 0 Å². The van der Waals surface area contributed by atoms with Gasteiger partial charge >= 0.3 is 12.0 Å². The zero-order valence-corrected chi connectivity index (χ0v) is 12.4. The van der Waals surface area contributed by atoms with Crippen LogP contribution in [0.2, 0.25) is 0 Å². The first-order valence-corrected chi connectivity index (χ1v) is 7.90. The van der Waals surface area contributed by atoms with Crippen LogP contribution in [0.1, 0.15) is 22.7 Å². The van der Waals surface area contributed by atoms with Gasteiger partial charge in [0.1, 0.15) is 6.04 Å². The Labute approximate surface area is 120 Å². The topological polar surface area (TPSA) is 69.6 Å². The summed E-state index contributed by atoms with van der Waals surface area (Å²) < 4.78 is 0. The summed E-state index contributed by atoms with van der Waals surface area (Å²) in [4.78, 5) is 26.8. The van der Waals surface area contributed by atoms with Crippen molar-refractivity contribution in [2.24, 2.45) is 0 Å². The Kier molecular flexibility index (Phi) is 4.36. The number of carbonyl (C=O) groups is 2. The second kappa shape index (κ2) is 5.83. The molecule has 0 aliphatic carbocycles. The van der Waals surface area contributed by atoms with Crippen LogP contribution in [-0.4, -0.2) is 39.7 Å². The van der Waals surface area contributed by atoms with Crippen molar-refractivity contribution >= 4 is 35.1 Å². The molecule has 1 aromatic rings. The first-order valence-electron chi connectivity index (χ1n) is 5.93. The minimum atomic E-state index is -0.945. The van der Waals surface area contributed by atoms with E-state index in [1.165, 1.54) is 21.5 Å². The van der Waals surface area contributed by atoms with Gasteiger partial charge in [-0.2, -0.15) is 0 Å². The summed E-state index contributed by atoms with van der Waals surface area (Å²) in [5, 5.41) is 11.9. The quantitative estimate of drug-likeness (QED) is 0.898. The van der Waals surface area contributed by atoms with Crippen molar-refractivity contribution in [3.63, 3.8) is 0 Å². The van der Waals surface area contributed by atoms with Gasteiger partial charge in [0.25, 0.3) is 0 Å². The van der Waals surface area contributed by atoms with E-state index in [1.54, 1.807) is 11.3 Å². The number of aliphatic carboxylic acids is 1. The second-order valence-electron chi connectivity index (χ2n) is 4.44. The molecular formula is C12H16N2O3S2. The van der Waals surface area contributed by atoms with Crippen LogP contribution in [0.15, 0.2) is 12.1 Å². The Hall–Kier alpha value is -1.21. The Morgan fingerprint density at radius 2 is 2.26 bits per heavy atom. The molecule has 1 unspecified atom stereocenters. The van der Waals surface area contributed by atoms with E-state index in [1.807, 2.05) is 26.0 Å². The molecule has 0 radical (unpaired) electrons. The van der Waals surface area contributed by atoms with Gasteiger partial charge in [-0.3, -0.25) is 0 Å². The van der Waals surface area contributed by atoms with Gasteiger partial charge in [-0.25, -0.2) is 9.59 Å². The number of thiophene rings is 1. The van der Waals surface area contributed by atoms with Gasteiger partial charge in [0, 0.05) is 15.5 Å². The summed E-state index contributed by atoms with van der Waals surface area (Å²) in [6, 6.07) is 2.86. The monoisotopic (exact) mass is 300 g/mol. The Morgan fingerprint density at radius 3 is 2.84 bits per heavy atom. The smallest absolute Gasteiger partial charge is 0.327 e. The Balaban J connectivity index is 1.99. The zero-order valence-electron chi connectivity index (χ0n) is 10.8. The molecule has 104 valence electrons. The van der Waals surface area contributed by atoms with Crippen molar-refractivity contribution in [3.8, 4) is 0 Å². The molecule has 0 spiro atoms. The number of carboxylic acids is 1. The van der Waals surface area contributed by atoms with Gasteiger partial charge in [0.05, 0.1) is 11.9 Å². The van der Waals surface area contributed by atoms with E-state index in [0.717, 1.165) is 4.88 Å². The molecule has 2 atom stereocenters. The molecule has 2 heterocycles. The first kappa shape index (κ1) is 14.2. The van der Waals surface area contributed by atoms with E-state index in [9.17, 15) is 9.59 Å². The van der Waals surface area contributed by atoms with Crippen molar-refractivity contribution in [2.75, 3.05) is 11.6 Å². The van der Waals surface area contributed by atoms with E-state index in [2.05, 4.69) is 5.32 Å². The maximum atomic E-state index is 12.1. The highest BCUT2D eigenvalue weighted by atomic mass is 32.2. The summed E-state index contributed by atoms with van der Waals surface area (Å²) in [7, 11) is 0. The largest absolute Gasteiger partial charge is 0.480 e. The third kappa shape index (κ3) is 3.22. The molecule has 2 N–H and O–H groups in total. The van der Waals surface area contributed by atoms with Gasteiger partial charge in [0.15, 0.2) is 0 Å². The molecule has 19 heavy (non-hydrogen) atoms. The maximum absolute atomic E-state index is 12.1. The fourth-order valence-corrected chi connectivity index (χ4v) is 3.90. The zero-order chi connectivity index (χ0) is 14.0. The molecule has 1 aromatic heterocycles. The summed E-state index contributed by atoms with van der Waals surface area (Å²) in [5.74, 6) is -0.0615. The molecule has 1 aliphatic rings. The lowest BCUT2D eigenvalue weighted by atomic mass is 10.2. The number of carboxylic acid groups (broad SMARTS) is 1. The first-order chi connectivity index (χ1) is 8.99. The number of thioether (sulfide) groups is 1. The van der Waals surface area contributed by atoms with Crippen molar-refractivity contribution in [2.45, 2.75) is 25.9 Å². The number of urea groups is 1. The van der Waals surface area contributed by atoms with Gasteiger partial charge < -0.3 is 15.3 Å². The maximum Gasteiger partial charge on any atom is 0.327 e. The Morgan fingerprint density at radius 1 is 1.53 bits per heavy atom. The molecule has 0 bridgehead atoms. The van der Waals surface area contributed by atoms with E-state index in [0.29, 0.717) is 11.6 Å². The Bertz CT molecular complexity index is 489. The minimum Gasteiger partial charge on any atom is -0.480 e. The molecule has 0 aromatic carbocycles. The highest BCUT2D eigenvalue weighted by Gasteiger charge is 2.35. The van der Waals surface area contributed by atoms with Crippen LogP contribution in [-0.2, 0) is 4.79 Å². The minimum absolute atomic E-state index is 0.105. The van der Waals surface area contributed by atoms with Crippen LogP contribution in [0, 0.1) is 6.92 Å². The van der Waals surface area contributed by atoms with Crippen LogP contribution >= 0.6 is 23.1 Å². The summed E-state index contributed by atoms with van der Waals surface area (Å²) >= 11 is 3.09. The predicted octanol–water partition coefficient (Wildman–Crippen LogP) is 2.29. The van der Waals surface area contributed by atoms with Crippen LogP contribution in [0.25, 0.3) is 0 Å². The molecule has 1 aliphatic heterocycles. The lowest BCUT2D eigenvalue weighted by molar-refractivity contribution is -0.140. The summed E-state index contributed by atoms with van der Waals surface area (Å²) in [6.07, 6.45) is 0. The number of hydrogen-bond donors (Lipinski definition) is 2. The lowest BCUT2D eigenvalue weighted by Crippen LogP contribution is -2.47. The summed E-state index contributed by atoms with van der Waals surface area (Å²) in [6.45, 7) is 3.92. The SMILES string of the molecule is Cc1ccc(C(C)NC(=O)N2CSC[C@H]2C(=O)O)s1. The molecule has 7 heteroatoms. The molecule has 2 rings (SSSR count). The molecule has 1 saturated heterocycles. The fourth-order valence-electron chi connectivity index (χ4n) is 1.87. The molecule has 1 fully saturated rings. The van der Waals surface area contributed by atoms with Gasteiger partial charge in [-0.15, -0.1) is 23.1 Å².